The Morgan fingerprint density at radius 3 is 2.64 bits per heavy atom. The van der Waals surface area contributed by atoms with Crippen LogP contribution in [0.25, 0.3) is 11.0 Å². The Bertz CT molecular complexity index is 849. The molecule has 2 aromatic rings. The normalized spacial score (nSPS) is 12.0. The summed E-state index contributed by atoms with van der Waals surface area (Å²) in [6.45, 7) is 6.97. The van der Waals surface area contributed by atoms with E-state index in [1.165, 1.54) is 6.92 Å². The fourth-order valence-corrected chi connectivity index (χ4v) is 2.48. The maximum atomic E-state index is 12.3. The van der Waals surface area contributed by atoms with E-state index < -0.39 is 11.7 Å². The minimum Gasteiger partial charge on any atom is -0.483 e. The van der Waals surface area contributed by atoms with E-state index in [-0.39, 0.29) is 24.6 Å². The van der Waals surface area contributed by atoms with E-state index in [2.05, 4.69) is 0 Å². The number of carbonyl (C=O) groups excluding carboxylic acids is 2. The van der Waals surface area contributed by atoms with Crippen LogP contribution in [0, 0.1) is 6.92 Å². The van der Waals surface area contributed by atoms with Crippen LogP contribution in [0.4, 0.5) is 0 Å². The van der Waals surface area contributed by atoms with Crippen molar-refractivity contribution in [3.05, 3.63) is 39.7 Å². The molecule has 0 aliphatic rings. The smallest absolute Gasteiger partial charge is 0.339 e. The van der Waals surface area contributed by atoms with Crippen molar-refractivity contribution in [2.45, 2.75) is 46.6 Å². The van der Waals surface area contributed by atoms with Gasteiger partial charge in [0.2, 0.25) is 0 Å². The molecule has 0 saturated carbocycles. The number of aryl methyl sites for hydroxylation is 1. The highest BCUT2D eigenvalue weighted by Crippen LogP contribution is 2.25. The molecule has 0 unspecified atom stereocenters. The summed E-state index contributed by atoms with van der Waals surface area (Å²) in [4.78, 5) is 35.1. The van der Waals surface area contributed by atoms with Gasteiger partial charge in [-0.05, 0) is 51.8 Å². The first kappa shape index (κ1) is 18.7. The summed E-state index contributed by atoms with van der Waals surface area (Å²) in [7, 11) is 0. The average Bonchev–Trinajstić information content (AvgIpc) is 2.54. The number of hydrogen-bond donors (Lipinski definition) is 0. The number of rotatable bonds is 7. The maximum Gasteiger partial charge on any atom is 0.339 e. The van der Waals surface area contributed by atoms with Crippen molar-refractivity contribution >= 4 is 22.7 Å². The van der Waals surface area contributed by atoms with Crippen LogP contribution in [0.5, 0.6) is 5.75 Å². The number of benzene rings is 1. The van der Waals surface area contributed by atoms with Gasteiger partial charge in [-0.1, -0.05) is 0 Å². The molecule has 0 fully saturated rings. The monoisotopic (exact) mass is 346 g/mol. The molecule has 0 N–H and O–H groups in total. The minimum atomic E-state index is -0.575. The van der Waals surface area contributed by atoms with Crippen molar-refractivity contribution in [1.82, 2.24) is 0 Å². The van der Waals surface area contributed by atoms with Gasteiger partial charge in [-0.15, -0.1) is 0 Å². The Kier molecular flexibility index (Phi) is 5.96. The molecule has 2 rings (SSSR count). The van der Waals surface area contributed by atoms with Crippen LogP contribution >= 0.6 is 0 Å². The third-order valence-corrected chi connectivity index (χ3v) is 4.03. The van der Waals surface area contributed by atoms with Gasteiger partial charge in [-0.25, -0.2) is 4.79 Å². The topological polar surface area (TPSA) is 82.8 Å². The van der Waals surface area contributed by atoms with Gasteiger partial charge in [0.15, 0.2) is 11.9 Å². The van der Waals surface area contributed by atoms with Crippen molar-refractivity contribution in [1.29, 1.82) is 0 Å². The number of hydrogen-bond acceptors (Lipinski definition) is 6. The molecule has 1 aromatic heterocycles. The number of ether oxygens (including phenoxy) is 2. The van der Waals surface area contributed by atoms with Crippen LogP contribution in [0.1, 0.15) is 38.3 Å². The minimum absolute atomic E-state index is 0.0907. The highest BCUT2D eigenvalue weighted by atomic mass is 16.5. The van der Waals surface area contributed by atoms with Gasteiger partial charge in [0.1, 0.15) is 11.3 Å². The molecule has 0 aliphatic heterocycles. The van der Waals surface area contributed by atoms with Gasteiger partial charge in [0, 0.05) is 23.4 Å². The predicted octanol–water partition coefficient (Wildman–Crippen LogP) is 2.95. The third kappa shape index (κ3) is 4.47. The molecule has 25 heavy (non-hydrogen) atoms. The Morgan fingerprint density at radius 2 is 2.00 bits per heavy atom. The summed E-state index contributed by atoms with van der Waals surface area (Å²) >= 11 is 0. The molecule has 134 valence electrons. The number of fused-ring (bicyclic) bond motifs is 1. The van der Waals surface area contributed by atoms with Crippen LogP contribution in [-0.4, -0.2) is 24.5 Å². The first-order chi connectivity index (χ1) is 11.8. The zero-order valence-corrected chi connectivity index (χ0v) is 14.9. The highest BCUT2D eigenvalue weighted by Gasteiger charge is 2.15. The van der Waals surface area contributed by atoms with E-state index in [4.69, 9.17) is 13.9 Å². The number of ketones is 1. The lowest BCUT2D eigenvalue weighted by molar-refractivity contribution is -0.143. The maximum absolute atomic E-state index is 12.3. The fourth-order valence-electron chi connectivity index (χ4n) is 2.48. The van der Waals surface area contributed by atoms with E-state index in [0.29, 0.717) is 23.5 Å². The third-order valence-electron chi connectivity index (χ3n) is 4.03. The summed E-state index contributed by atoms with van der Waals surface area (Å²) in [5.74, 6) is 0.0208. The molecule has 0 radical (unpaired) electrons. The summed E-state index contributed by atoms with van der Waals surface area (Å²) in [6.07, 6.45) is -0.181. The van der Waals surface area contributed by atoms with Crippen LogP contribution in [0.3, 0.4) is 0 Å². The summed E-state index contributed by atoms with van der Waals surface area (Å²) in [5, 5.41) is 0.765. The van der Waals surface area contributed by atoms with Crippen molar-refractivity contribution in [3.8, 4) is 5.75 Å². The molecule has 1 aromatic carbocycles. The van der Waals surface area contributed by atoms with Gasteiger partial charge in [0.05, 0.1) is 6.61 Å². The lowest BCUT2D eigenvalue weighted by Crippen LogP contribution is -2.20. The largest absolute Gasteiger partial charge is 0.483 e. The Hall–Kier alpha value is -2.63. The van der Waals surface area contributed by atoms with Crippen molar-refractivity contribution < 1.29 is 23.5 Å². The molecule has 1 atom stereocenters. The van der Waals surface area contributed by atoms with Crippen molar-refractivity contribution in [3.63, 3.8) is 0 Å². The van der Waals surface area contributed by atoms with Crippen molar-refractivity contribution in [2.75, 3.05) is 6.61 Å². The quantitative estimate of drug-likeness (QED) is 0.566. The lowest BCUT2D eigenvalue weighted by atomic mass is 10.0. The molecule has 6 nitrogen and oxygen atoms in total. The van der Waals surface area contributed by atoms with E-state index in [9.17, 15) is 14.4 Å². The standard InChI is InChI=1S/C19H22O6/c1-5-23-18(21)9-8-16-11(2)15-7-6-14(24-13(4)12(3)20)10-17(15)25-19(16)22/h6-7,10,13H,5,8-9H2,1-4H3/t13-/m1/s1. The van der Waals surface area contributed by atoms with Crippen LogP contribution in [0.2, 0.25) is 0 Å². The zero-order chi connectivity index (χ0) is 18.6. The van der Waals surface area contributed by atoms with Crippen LogP contribution in [0.15, 0.2) is 27.4 Å². The molecule has 6 heteroatoms. The van der Waals surface area contributed by atoms with Gasteiger partial charge in [-0.2, -0.15) is 0 Å². The predicted molar refractivity (Wildman–Crippen MR) is 92.9 cm³/mol. The van der Waals surface area contributed by atoms with E-state index in [1.54, 1.807) is 32.0 Å². The summed E-state index contributed by atoms with van der Waals surface area (Å²) in [6, 6.07) is 5.10. The second-order valence-electron chi connectivity index (χ2n) is 5.83. The first-order valence-corrected chi connectivity index (χ1v) is 8.22. The Morgan fingerprint density at radius 1 is 1.28 bits per heavy atom. The SMILES string of the molecule is CCOC(=O)CCc1c(C)c2ccc(O[C@H](C)C(C)=O)cc2oc1=O. The first-order valence-electron chi connectivity index (χ1n) is 8.22. The van der Waals surface area contributed by atoms with Crippen LogP contribution in [-0.2, 0) is 20.7 Å². The van der Waals surface area contributed by atoms with Crippen LogP contribution < -0.4 is 10.4 Å². The van der Waals surface area contributed by atoms with Gasteiger partial charge in [-0.3, -0.25) is 9.59 Å². The molecular formula is C19H22O6. The van der Waals surface area contributed by atoms with Gasteiger partial charge >= 0.3 is 11.6 Å². The molecule has 0 amide bonds. The molecule has 0 spiro atoms. The molecular weight excluding hydrogens is 324 g/mol. The Labute approximate surface area is 145 Å². The highest BCUT2D eigenvalue weighted by molar-refractivity contribution is 5.83. The molecule has 0 saturated heterocycles. The number of esters is 1. The Balaban J connectivity index is 2.31. The van der Waals surface area contributed by atoms with Crippen molar-refractivity contribution in [2.24, 2.45) is 0 Å². The molecule has 1 heterocycles. The second-order valence-corrected chi connectivity index (χ2v) is 5.83. The molecule has 0 aliphatic carbocycles. The number of carbonyl (C=O) groups is 2. The van der Waals surface area contributed by atoms with E-state index in [1.807, 2.05) is 6.92 Å². The summed E-state index contributed by atoms with van der Waals surface area (Å²) < 4.78 is 15.8. The number of Topliss-reactive ketones (excluding diaryl/α,β-unsaturated/α-hetero) is 1. The lowest BCUT2D eigenvalue weighted by Gasteiger charge is -2.13. The molecule has 0 bridgehead atoms. The second kappa shape index (κ2) is 7.96. The zero-order valence-electron chi connectivity index (χ0n) is 14.9. The fraction of sp³-hybridized carbons (Fsp3) is 0.421. The van der Waals surface area contributed by atoms with Gasteiger partial charge in [0.25, 0.3) is 0 Å². The van der Waals surface area contributed by atoms with E-state index >= 15 is 0 Å². The summed E-state index contributed by atoms with van der Waals surface area (Å²) in [5.41, 5.74) is 1.13. The van der Waals surface area contributed by atoms with Gasteiger partial charge < -0.3 is 13.9 Å². The van der Waals surface area contributed by atoms with E-state index in [0.717, 1.165) is 10.9 Å². The average molecular weight is 346 g/mol.